The largest absolute Gasteiger partial charge is 0.392 e. The zero-order valence-electron chi connectivity index (χ0n) is 4.59. The standard InChI is InChI=1S/C4H4BNO3/c5-6-2-1-3(7)9-4(2)8/h2,6H,1H2/t2-/m0/s1. The van der Waals surface area contributed by atoms with E-state index in [1.807, 2.05) is 0 Å². The van der Waals surface area contributed by atoms with Crippen molar-refractivity contribution in [3.8, 4) is 0 Å². The minimum Gasteiger partial charge on any atom is -0.392 e. The lowest BCUT2D eigenvalue weighted by Gasteiger charge is -1.97. The van der Waals surface area contributed by atoms with Crippen molar-refractivity contribution in [1.29, 1.82) is 0 Å². The first-order valence-corrected chi connectivity index (χ1v) is 2.44. The Morgan fingerprint density at radius 3 is 2.56 bits per heavy atom. The van der Waals surface area contributed by atoms with E-state index < -0.39 is 18.0 Å². The van der Waals surface area contributed by atoms with Gasteiger partial charge in [-0.05, 0) is 0 Å². The van der Waals surface area contributed by atoms with Crippen LogP contribution in [0.2, 0.25) is 0 Å². The fraction of sp³-hybridized carbons (Fsp3) is 0.500. The van der Waals surface area contributed by atoms with Crippen molar-refractivity contribution in [1.82, 2.24) is 5.23 Å². The predicted octanol–water partition coefficient (Wildman–Crippen LogP) is -1.50. The number of esters is 2. The number of cyclic esters (lactones) is 2. The first-order chi connectivity index (χ1) is 4.24. The highest BCUT2D eigenvalue weighted by molar-refractivity contribution is 6.08. The molecule has 0 amide bonds. The Hall–Kier alpha value is -0.835. The van der Waals surface area contributed by atoms with Crippen molar-refractivity contribution >= 4 is 19.9 Å². The lowest BCUT2D eigenvalue weighted by Crippen LogP contribution is -2.30. The fourth-order valence-corrected chi connectivity index (χ4v) is 0.602. The van der Waals surface area contributed by atoms with Gasteiger partial charge in [-0.25, -0.2) is 4.79 Å². The quantitative estimate of drug-likeness (QED) is 0.263. The van der Waals surface area contributed by atoms with Gasteiger partial charge in [0.2, 0.25) is 0 Å². The van der Waals surface area contributed by atoms with E-state index in [-0.39, 0.29) is 6.42 Å². The SMILES string of the molecule is [B]N[C@H]1CC(=O)OC1=O. The number of carbonyl (C=O) groups excluding carboxylic acids is 2. The molecule has 0 aromatic rings. The molecule has 5 heteroatoms. The summed E-state index contributed by atoms with van der Waals surface area (Å²) in [5.74, 6) is -1.12. The van der Waals surface area contributed by atoms with E-state index in [1.54, 1.807) is 0 Å². The molecule has 4 nitrogen and oxygen atoms in total. The minimum atomic E-state index is -0.641. The van der Waals surface area contributed by atoms with Gasteiger partial charge in [0.15, 0.2) is 7.98 Å². The Kier molecular flexibility index (Phi) is 1.53. The van der Waals surface area contributed by atoms with Crippen LogP contribution in [0.25, 0.3) is 0 Å². The maximum absolute atomic E-state index is 10.4. The van der Waals surface area contributed by atoms with Gasteiger partial charge in [0, 0.05) is 0 Å². The van der Waals surface area contributed by atoms with Crippen LogP contribution in [-0.2, 0) is 14.3 Å². The van der Waals surface area contributed by atoms with Crippen LogP contribution in [0.15, 0.2) is 0 Å². The van der Waals surface area contributed by atoms with Gasteiger partial charge >= 0.3 is 11.9 Å². The Morgan fingerprint density at radius 2 is 2.33 bits per heavy atom. The van der Waals surface area contributed by atoms with Crippen LogP contribution in [0, 0.1) is 0 Å². The summed E-state index contributed by atoms with van der Waals surface area (Å²) in [4.78, 5) is 20.7. The highest BCUT2D eigenvalue weighted by Crippen LogP contribution is 2.05. The number of nitrogens with one attached hydrogen (secondary N) is 1. The smallest absolute Gasteiger partial charge is 0.330 e. The highest BCUT2D eigenvalue weighted by atomic mass is 16.6. The molecule has 46 valence electrons. The van der Waals surface area contributed by atoms with Gasteiger partial charge in [-0.3, -0.25) is 4.79 Å². The molecule has 0 aromatic carbocycles. The van der Waals surface area contributed by atoms with E-state index in [9.17, 15) is 9.59 Å². The average molecular weight is 125 g/mol. The molecule has 1 aliphatic rings. The van der Waals surface area contributed by atoms with Crippen LogP contribution >= 0.6 is 0 Å². The summed E-state index contributed by atoms with van der Waals surface area (Å²) in [6.45, 7) is 0. The number of carbonyl (C=O) groups is 2. The maximum Gasteiger partial charge on any atom is 0.330 e. The van der Waals surface area contributed by atoms with Crippen LogP contribution in [-0.4, -0.2) is 26.0 Å². The molecule has 1 saturated heterocycles. The van der Waals surface area contributed by atoms with Gasteiger partial charge in [-0.15, -0.1) is 0 Å². The van der Waals surface area contributed by atoms with E-state index in [4.69, 9.17) is 7.98 Å². The van der Waals surface area contributed by atoms with Gasteiger partial charge in [0.25, 0.3) is 0 Å². The van der Waals surface area contributed by atoms with Crippen molar-refractivity contribution in [2.24, 2.45) is 0 Å². The molecule has 0 saturated carbocycles. The third kappa shape index (κ3) is 1.10. The normalized spacial score (nSPS) is 26.4. The van der Waals surface area contributed by atoms with Crippen molar-refractivity contribution in [2.45, 2.75) is 12.5 Å². The molecule has 0 spiro atoms. The monoisotopic (exact) mass is 125 g/mol. The number of hydrogen-bond acceptors (Lipinski definition) is 4. The van der Waals surface area contributed by atoms with Crippen molar-refractivity contribution < 1.29 is 14.3 Å². The third-order valence-corrected chi connectivity index (χ3v) is 1.07. The summed E-state index contributed by atoms with van der Waals surface area (Å²) >= 11 is 0. The highest BCUT2D eigenvalue weighted by Gasteiger charge is 2.31. The summed E-state index contributed by atoms with van der Waals surface area (Å²) in [6.07, 6.45) is 0.0370. The second-order valence-corrected chi connectivity index (χ2v) is 1.72. The lowest BCUT2D eigenvalue weighted by molar-refractivity contribution is -0.152. The molecule has 1 fully saturated rings. The lowest BCUT2D eigenvalue weighted by atomic mass is 10.2. The molecule has 1 rings (SSSR count). The Bertz CT molecular complexity index is 158. The van der Waals surface area contributed by atoms with Crippen molar-refractivity contribution in [3.63, 3.8) is 0 Å². The Labute approximate surface area is 53.0 Å². The van der Waals surface area contributed by atoms with Gasteiger partial charge in [-0.1, -0.05) is 0 Å². The number of ether oxygens (including phenoxy) is 1. The first kappa shape index (κ1) is 6.29. The molecule has 0 unspecified atom stereocenters. The van der Waals surface area contributed by atoms with E-state index >= 15 is 0 Å². The first-order valence-electron chi connectivity index (χ1n) is 2.44. The number of rotatable bonds is 1. The van der Waals surface area contributed by atoms with Crippen LogP contribution in [0.5, 0.6) is 0 Å². The molecule has 0 aliphatic carbocycles. The molecule has 2 radical (unpaired) electrons. The van der Waals surface area contributed by atoms with Crippen LogP contribution in [0.3, 0.4) is 0 Å². The van der Waals surface area contributed by atoms with E-state index in [0.29, 0.717) is 0 Å². The van der Waals surface area contributed by atoms with Crippen molar-refractivity contribution in [3.05, 3.63) is 0 Å². The summed E-state index contributed by atoms with van der Waals surface area (Å²) in [5.41, 5.74) is 0. The fourth-order valence-electron chi connectivity index (χ4n) is 0.602. The van der Waals surface area contributed by atoms with E-state index in [2.05, 4.69) is 9.96 Å². The molecule has 1 heterocycles. The van der Waals surface area contributed by atoms with Gasteiger partial charge in [0.1, 0.15) is 6.04 Å². The Balaban J connectivity index is 2.58. The maximum atomic E-state index is 10.4. The number of hydrogen-bond donors (Lipinski definition) is 1. The summed E-state index contributed by atoms with van der Waals surface area (Å²) in [5, 5.41) is 2.15. The summed E-state index contributed by atoms with van der Waals surface area (Å²) < 4.78 is 4.14. The molecule has 0 bridgehead atoms. The van der Waals surface area contributed by atoms with Gasteiger partial charge < -0.3 is 9.96 Å². The molecular weight excluding hydrogens is 121 g/mol. The van der Waals surface area contributed by atoms with Crippen LogP contribution < -0.4 is 5.23 Å². The molecule has 9 heavy (non-hydrogen) atoms. The zero-order valence-corrected chi connectivity index (χ0v) is 4.59. The van der Waals surface area contributed by atoms with Crippen LogP contribution in [0.4, 0.5) is 0 Å². The molecule has 1 N–H and O–H groups in total. The summed E-state index contributed by atoms with van der Waals surface area (Å²) in [6, 6.07) is -0.641. The Morgan fingerprint density at radius 1 is 1.67 bits per heavy atom. The van der Waals surface area contributed by atoms with Crippen LogP contribution in [0.1, 0.15) is 6.42 Å². The second-order valence-electron chi connectivity index (χ2n) is 1.72. The topological polar surface area (TPSA) is 55.4 Å². The average Bonchev–Trinajstić information content (AvgIpc) is 2.10. The predicted molar refractivity (Wildman–Crippen MR) is 28.4 cm³/mol. The van der Waals surface area contributed by atoms with Crippen molar-refractivity contribution in [2.75, 3.05) is 0 Å². The summed E-state index contributed by atoms with van der Waals surface area (Å²) in [7, 11) is 4.88. The molecular formula is C4H4BNO3. The molecule has 1 atom stereocenters. The van der Waals surface area contributed by atoms with Gasteiger partial charge in [0.05, 0.1) is 6.42 Å². The van der Waals surface area contributed by atoms with Gasteiger partial charge in [-0.2, -0.15) is 0 Å². The zero-order chi connectivity index (χ0) is 6.85. The van der Waals surface area contributed by atoms with E-state index in [1.165, 1.54) is 0 Å². The third-order valence-electron chi connectivity index (χ3n) is 1.07. The molecule has 1 aliphatic heterocycles. The minimum absolute atomic E-state index is 0.0370. The second kappa shape index (κ2) is 2.18. The van der Waals surface area contributed by atoms with E-state index in [0.717, 1.165) is 0 Å². The molecule has 0 aromatic heterocycles.